The van der Waals surface area contributed by atoms with Crippen LogP contribution in [0.4, 0.5) is 5.95 Å². The topological polar surface area (TPSA) is 73.5 Å². The molecule has 3 aromatic rings. The zero-order valence-electron chi connectivity index (χ0n) is 15.3. The van der Waals surface area contributed by atoms with Gasteiger partial charge < -0.3 is 14.6 Å². The fourth-order valence-corrected chi connectivity index (χ4v) is 3.15. The van der Waals surface area contributed by atoms with Crippen molar-refractivity contribution in [2.45, 2.75) is 32.5 Å². The molecule has 0 saturated carbocycles. The average molecular weight is 356 g/mol. The zero-order chi connectivity index (χ0) is 18.5. The number of aryl methyl sites for hydroxylation is 1. The van der Waals surface area contributed by atoms with Gasteiger partial charge in [-0.1, -0.05) is 31.2 Å². The minimum absolute atomic E-state index is 0.153. The van der Waals surface area contributed by atoms with Crippen molar-refractivity contribution in [2.24, 2.45) is 0 Å². The largest absolute Gasteiger partial charge is 0.493 e. The Balaban J connectivity index is 1.77. The smallest absolute Gasteiger partial charge is 0.356 e. The van der Waals surface area contributed by atoms with E-state index in [4.69, 9.17) is 15.2 Å². The lowest BCUT2D eigenvalue weighted by atomic mass is 10.3. The van der Waals surface area contributed by atoms with Gasteiger partial charge in [-0.25, -0.2) is 9.13 Å². The maximum absolute atomic E-state index is 10.5. The summed E-state index contributed by atoms with van der Waals surface area (Å²) in [5, 5.41) is 10.5. The molecule has 0 fully saturated rings. The molecule has 1 atom stereocenters. The number of hydrogen-bond acceptors (Lipinski definition) is 4. The molecule has 1 aromatic heterocycles. The minimum Gasteiger partial charge on any atom is -0.493 e. The highest BCUT2D eigenvalue weighted by molar-refractivity contribution is 5.73. The second-order valence-corrected chi connectivity index (χ2v) is 6.22. The summed E-state index contributed by atoms with van der Waals surface area (Å²) in [6, 6.07) is 15.4. The molecule has 0 aliphatic heterocycles. The molecule has 1 heterocycles. The molecular weight excluding hydrogens is 330 g/mol. The number of rotatable bonds is 8. The maximum atomic E-state index is 10.5. The number of benzene rings is 2. The second-order valence-electron chi connectivity index (χ2n) is 6.22. The molecule has 0 amide bonds. The molecule has 0 bridgehead atoms. The van der Waals surface area contributed by atoms with E-state index in [1.54, 1.807) is 7.11 Å². The Morgan fingerprint density at radius 3 is 2.54 bits per heavy atom. The van der Waals surface area contributed by atoms with Crippen molar-refractivity contribution in [3.05, 3.63) is 48.5 Å². The Morgan fingerprint density at radius 2 is 1.81 bits per heavy atom. The molecule has 0 spiro atoms. The number of imidazole rings is 1. The van der Waals surface area contributed by atoms with Crippen molar-refractivity contribution in [3.63, 3.8) is 0 Å². The van der Waals surface area contributed by atoms with Crippen molar-refractivity contribution < 1.29 is 19.1 Å². The summed E-state index contributed by atoms with van der Waals surface area (Å²) < 4.78 is 15.0. The monoisotopic (exact) mass is 356 g/mol. The van der Waals surface area contributed by atoms with Gasteiger partial charge in [-0.2, -0.15) is 0 Å². The molecule has 6 heteroatoms. The van der Waals surface area contributed by atoms with Crippen LogP contribution < -0.4 is 19.8 Å². The van der Waals surface area contributed by atoms with Crippen LogP contribution in [0.5, 0.6) is 11.5 Å². The number of ether oxygens (including phenoxy) is 2. The third-order valence-corrected chi connectivity index (χ3v) is 4.36. The van der Waals surface area contributed by atoms with Gasteiger partial charge in [0.1, 0.15) is 30.3 Å². The first-order chi connectivity index (χ1) is 12.7. The van der Waals surface area contributed by atoms with Gasteiger partial charge in [0.25, 0.3) is 0 Å². The lowest BCUT2D eigenvalue weighted by molar-refractivity contribution is -0.665. The Hall–Kier alpha value is -2.73. The van der Waals surface area contributed by atoms with Crippen LogP contribution in [0.3, 0.4) is 0 Å². The third kappa shape index (κ3) is 3.60. The van der Waals surface area contributed by atoms with Gasteiger partial charge in [-0.15, -0.1) is 0 Å². The van der Waals surface area contributed by atoms with Crippen LogP contribution in [0.25, 0.3) is 11.0 Å². The van der Waals surface area contributed by atoms with E-state index >= 15 is 0 Å². The quantitative estimate of drug-likeness (QED) is 0.608. The Labute approximate surface area is 153 Å². The summed E-state index contributed by atoms with van der Waals surface area (Å²) in [6.45, 7) is 3.47. The summed E-state index contributed by atoms with van der Waals surface area (Å²) >= 11 is 0. The number of aromatic nitrogens is 2. The van der Waals surface area contributed by atoms with Crippen LogP contribution >= 0.6 is 0 Å². The molecule has 138 valence electrons. The number of nitrogens with zero attached hydrogens (tertiary/aromatic N) is 2. The number of aliphatic hydroxyl groups excluding tert-OH is 1. The molecule has 0 saturated heterocycles. The highest BCUT2D eigenvalue weighted by atomic mass is 16.5. The molecule has 3 N–H and O–H groups in total. The maximum Gasteiger partial charge on any atom is 0.356 e. The molecule has 3 rings (SSSR count). The van der Waals surface area contributed by atoms with Gasteiger partial charge in [0, 0.05) is 0 Å². The number of para-hydroxylation sites is 4. The summed E-state index contributed by atoms with van der Waals surface area (Å²) in [4.78, 5) is 0. The van der Waals surface area contributed by atoms with Crippen molar-refractivity contribution in [1.29, 1.82) is 0 Å². The number of nitrogens with two attached hydrogens (primary N) is 1. The lowest BCUT2D eigenvalue weighted by Gasteiger charge is -2.14. The van der Waals surface area contributed by atoms with Gasteiger partial charge in [0.15, 0.2) is 11.5 Å². The number of anilines is 1. The molecule has 0 aliphatic carbocycles. The van der Waals surface area contributed by atoms with Crippen LogP contribution in [0.1, 0.15) is 13.3 Å². The van der Waals surface area contributed by atoms with Crippen LogP contribution in [-0.2, 0) is 13.1 Å². The Kier molecular flexibility index (Phi) is 5.63. The van der Waals surface area contributed by atoms with E-state index < -0.39 is 6.10 Å². The van der Waals surface area contributed by atoms with E-state index in [0.717, 1.165) is 24.0 Å². The van der Waals surface area contributed by atoms with Crippen molar-refractivity contribution in [1.82, 2.24) is 4.57 Å². The number of methoxy groups -OCH3 is 1. The Morgan fingerprint density at radius 1 is 1.12 bits per heavy atom. The van der Waals surface area contributed by atoms with E-state index in [-0.39, 0.29) is 6.61 Å². The first kappa shape index (κ1) is 18.1. The first-order valence-corrected chi connectivity index (χ1v) is 8.86. The SMILES string of the molecule is CCCn1c(N)[n+](CC(O)COc2ccccc2OC)c2ccccc21. The Bertz CT molecular complexity index is 876. The van der Waals surface area contributed by atoms with Crippen LogP contribution in [0.15, 0.2) is 48.5 Å². The van der Waals surface area contributed by atoms with Gasteiger partial charge in [0.05, 0.1) is 13.7 Å². The van der Waals surface area contributed by atoms with Crippen LogP contribution in [0.2, 0.25) is 0 Å². The van der Waals surface area contributed by atoms with E-state index in [2.05, 4.69) is 17.6 Å². The summed E-state index contributed by atoms with van der Waals surface area (Å²) in [5.74, 6) is 1.90. The normalized spacial score (nSPS) is 12.3. The van der Waals surface area contributed by atoms with E-state index in [0.29, 0.717) is 24.0 Å². The predicted octanol–water partition coefficient (Wildman–Crippen LogP) is 2.37. The molecule has 0 radical (unpaired) electrons. The highest BCUT2D eigenvalue weighted by Gasteiger charge is 2.22. The molecule has 2 aromatic carbocycles. The standard InChI is InChI=1S/C20H25N3O3/c1-3-12-22-16-8-4-5-9-17(16)23(20(22)21)13-15(24)14-26-19-11-7-6-10-18(19)25-2/h4-11,15,21,24H,3,12-14H2,1-2H3/p+1. The minimum atomic E-state index is -0.701. The van der Waals surface area contributed by atoms with Gasteiger partial charge in [-0.3, -0.25) is 5.73 Å². The van der Waals surface area contributed by atoms with Crippen LogP contribution in [-0.4, -0.2) is 29.5 Å². The number of hydrogen-bond donors (Lipinski definition) is 2. The third-order valence-electron chi connectivity index (χ3n) is 4.36. The molecule has 0 aliphatic rings. The fourth-order valence-electron chi connectivity index (χ4n) is 3.15. The van der Waals surface area contributed by atoms with E-state index in [1.807, 2.05) is 47.0 Å². The van der Waals surface area contributed by atoms with Gasteiger partial charge >= 0.3 is 5.95 Å². The fraction of sp³-hybridized carbons (Fsp3) is 0.350. The highest BCUT2D eigenvalue weighted by Crippen LogP contribution is 2.25. The summed E-state index contributed by atoms with van der Waals surface area (Å²) in [7, 11) is 1.60. The zero-order valence-corrected chi connectivity index (χ0v) is 15.3. The molecular formula is C20H26N3O3+. The number of fused-ring (bicyclic) bond motifs is 1. The molecule has 6 nitrogen and oxygen atoms in total. The summed E-state index contributed by atoms with van der Waals surface area (Å²) in [5.41, 5.74) is 8.44. The summed E-state index contributed by atoms with van der Waals surface area (Å²) in [6.07, 6.45) is 0.288. The molecule has 26 heavy (non-hydrogen) atoms. The van der Waals surface area contributed by atoms with Crippen LogP contribution in [0, 0.1) is 0 Å². The van der Waals surface area contributed by atoms with Crippen molar-refractivity contribution in [3.8, 4) is 11.5 Å². The first-order valence-electron chi connectivity index (χ1n) is 8.86. The number of nitrogen functional groups attached to an aromatic ring is 1. The van der Waals surface area contributed by atoms with E-state index in [9.17, 15) is 5.11 Å². The van der Waals surface area contributed by atoms with E-state index in [1.165, 1.54) is 0 Å². The average Bonchev–Trinajstić information content (AvgIpc) is 2.93. The predicted molar refractivity (Wildman–Crippen MR) is 101 cm³/mol. The van der Waals surface area contributed by atoms with Crippen molar-refractivity contribution in [2.75, 3.05) is 19.5 Å². The second kappa shape index (κ2) is 8.10. The number of aliphatic hydroxyl groups is 1. The van der Waals surface area contributed by atoms with Gasteiger partial charge in [-0.05, 0) is 30.7 Å². The van der Waals surface area contributed by atoms with Crippen molar-refractivity contribution >= 4 is 17.0 Å². The van der Waals surface area contributed by atoms with Gasteiger partial charge in [0.2, 0.25) is 0 Å². The molecule has 1 unspecified atom stereocenters. The lowest BCUT2D eigenvalue weighted by Crippen LogP contribution is -2.43.